The maximum absolute atomic E-state index is 10.4. The summed E-state index contributed by atoms with van der Waals surface area (Å²) in [7, 11) is 0. The predicted molar refractivity (Wildman–Crippen MR) is 47.0 cm³/mol. The van der Waals surface area contributed by atoms with Crippen molar-refractivity contribution in [1.29, 1.82) is 0 Å². The van der Waals surface area contributed by atoms with Crippen LogP contribution in [0.25, 0.3) is 0 Å². The van der Waals surface area contributed by atoms with Gasteiger partial charge in [-0.1, -0.05) is 11.6 Å². The zero-order valence-electron chi connectivity index (χ0n) is 6.50. The number of hydrogen-bond acceptors (Lipinski definition) is 2. The van der Waals surface area contributed by atoms with Crippen molar-refractivity contribution in [3.63, 3.8) is 0 Å². The largest absolute Gasteiger partial charge is 0.298 e. The van der Waals surface area contributed by atoms with Crippen LogP contribution in [0.3, 0.4) is 0 Å². The van der Waals surface area contributed by atoms with E-state index in [1.165, 1.54) is 6.07 Å². The highest BCUT2D eigenvalue weighted by atomic mass is 35.5. The molecule has 0 aliphatic carbocycles. The summed E-state index contributed by atoms with van der Waals surface area (Å²) < 4.78 is 0. The Balaban J connectivity index is 3.34. The Morgan fingerprint density at radius 1 is 1.17 bits per heavy atom. The molecule has 0 aromatic heterocycles. The average molecular weight is 183 g/mol. The van der Waals surface area contributed by atoms with Gasteiger partial charge in [0.15, 0.2) is 6.29 Å². The Labute approximate surface area is 75.2 Å². The lowest BCUT2D eigenvalue weighted by Crippen LogP contribution is -1.90. The van der Waals surface area contributed by atoms with Crippen LogP contribution >= 0.6 is 11.6 Å². The highest BCUT2D eigenvalue weighted by Crippen LogP contribution is 2.18. The van der Waals surface area contributed by atoms with Gasteiger partial charge >= 0.3 is 0 Å². The number of aryl methyl sites for hydroxylation is 1. The van der Waals surface area contributed by atoms with Crippen LogP contribution in [0.5, 0.6) is 0 Å². The van der Waals surface area contributed by atoms with E-state index in [4.69, 9.17) is 11.6 Å². The predicted octanol–water partition coefficient (Wildman–Crippen LogP) is 2.27. The Hall–Kier alpha value is -1.15. The molecule has 1 aromatic carbocycles. The molecule has 0 spiro atoms. The second-order valence-corrected chi connectivity index (χ2v) is 2.87. The van der Waals surface area contributed by atoms with Gasteiger partial charge < -0.3 is 0 Å². The standard InChI is InChI=1S/C9H7ClO2/c1-6-2-8(5-12)9(10)3-7(6)4-11/h2-5H,1H3. The number of benzene rings is 1. The average Bonchev–Trinajstić information content (AvgIpc) is 2.08. The van der Waals surface area contributed by atoms with Gasteiger partial charge in [0.05, 0.1) is 5.02 Å². The summed E-state index contributed by atoms with van der Waals surface area (Å²) in [5, 5.41) is 0.317. The van der Waals surface area contributed by atoms with Crippen LogP contribution < -0.4 is 0 Å². The monoisotopic (exact) mass is 182 g/mol. The Bertz CT molecular complexity index is 298. The van der Waals surface area contributed by atoms with E-state index in [2.05, 4.69) is 0 Å². The second-order valence-electron chi connectivity index (χ2n) is 2.47. The molecule has 0 fully saturated rings. The summed E-state index contributed by atoms with van der Waals surface area (Å²) in [4.78, 5) is 20.8. The zero-order chi connectivity index (χ0) is 9.14. The number of halogens is 1. The van der Waals surface area contributed by atoms with E-state index in [1.54, 1.807) is 13.0 Å². The van der Waals surface area contributed by atoms with Crippen molar-refractivity contribution in [2.45, 2.75) is 6.92 Å². The first-order valence-electron chi connectivity index (χ1n) is 3.39. The van der Waals surface area contributed by atoms with Gasteiger partial charge in [0, 0.05) is 11.1 Å². The zero-order valence-corrected chi connectivity index (χ0v) is 7.26. The maximum atomic E-state index is 10.4. The molecule has 3 heteroatoms. The molecule has 0 saturated heterocycles. The fourth-order valence-electron chi connectivity index (χ4n) is 0.937. The topological polar surface area (TPSA) is 34.1 Å². The van der Waals surface area contributed by atoms with E-state index in [9.17, 15) is 9.59 Å². The highest BCUT2D eigenvalue weighted by Gasteiger charge is 2.03. The lowest BCUT2D eigenvalue weighted by atomic mass is 10.1. The van der Waals surface area contributed by atoms with Crippen molar-refractivity contribution >= 4 is 24.2 Å². The normalized spacial score (nSPS) is 9.50. The van der Waals surface area contributed by atoms with E-state index < -0.39 is 0 Å². The molecule has 0 amide bonds. The van der Waals surface area contributed by atoms with Crippen molar-refractivity contribution in [3.05, 3.63) is 33.8 Å². The van der Waals surface area contributed by atoms with Gasteiger partial charge in [-0.3, -0.25) is 9.59 Å². The van der Waals surface area contributed by atoms with Crippen LogP contribution in [0.15, 0.2) is 12.1 Å². The molecule has 0 bridgehead atoms. The summed E-state index contributed by atoms with van der Waals surface area (Å²) in [6, 6.07) is 3.09. The molecule has 1 rings (SSSR count). The van der Waals surface area contributed by atoms with Crippen molar-refractivity contribution in [2.24, 2.45) is 0 Å². The van der Waals surface area contributed by atoms with Crippen molar-refractivity contribution in [1.82, 2.24) is 0 Å². The third kappa shape index (κ3) is 1.53. The fraction of sp³-hybridized carbons (Fsp3) is 0.111. The van der Waals surface area contributed by atoms with E-state index in [1.807, 2.05) is 0 Å². The number of rotatable bonds is 2. The quantitative estimate of drug-likeness (QED) is 0.658. The molecule has 0 N–H and O–H groups in total. The summed E-state index contributed by atoms with van der Waals surface area (Å²) in [5.74, 6) is 0. The lowest BCUT2D eigenvalue weighted by molar-refractivity contribution is 0.111. The first-order chi connectivity index (χ1) is 5.69. The van der Waals surface area contributed by atoms with Gasteiger partial charge in [0.2, 0.25) is 0 Å². The number of aldehydes is 2. The van der Waals surface area contributed by atoms with Crippen LogP contribution in [0.2, 0.25) is 5.02 Å². The lowest BCUT2D eigenvalue weighted by Gasteiger charge is -2.00. The van der Waals surface area contributed by atoms with Gasteiger partial charge in [-0.05, 0) is 24.6 Å². The third-order valence-electron chi connectivity index (χ3n) is 1.64. The van der Waals surface area contributed by atoms with Crippen molar-refractivity contribution in [3.8, 4) is 0 Å². The van der Waals surface area contributed by atoms with Crippen LogP contribution in [-0.4, -0.2) is 12.6 Å². The summed E-state index contributed by atoms with van der Waals surface area (Å²) >= 11 is 5.69. The molecule has 0 atom stereocenters. The van der Waals surface area contributed by atoms with Gasteiger partial charge in [0.1, 0.15) is 6.29 Å². The van der Waals surface area contributed by atoms with Gasteiger partial charge in [-0.25, -0.2) is 0 Å². The van der Waals surface area contributed by atoms with E-state index in [0.717, 1.165) is 11.8 Å². The van der Waals surface area contributed by atoms with E-state index >= 15 is 0 Å². The number of hydrogen-bond donors (Lipinski definition) is 0. The van der Waals surface area contributed by atoms with Crippen LogP contribution in [0.1, 0.15) is 26.3 Å². The first kappa shape index (κ1) is 8.94. The van der Waals surface area contributed by atoms with E-state index in [0.29, 0.717) is 22.4 Å². The highest BCUT2D eigenvalue weighted by molar-refractivity contribution is 6.33. The molecule has 0 saturated carbocycles. The molecule has 2 nitrogen and oxygen atoms in total. The van der Waals surface area contributed by atoms with Gasteiger partial charge in [0.25, 0.3) is 0 Å². The molecule has 0 radical (unpaired) electrons. The summed E-state index contributed by atoms with van der Waals surface area (Å²) in [6.45, 7) is 1.76. The minimum Gasteiger partial charge on any atom is -0.298 e. The Morgan fingerprint density at radius 3 is 2.25 bits per heavy atom. The first-order valence-corrected chi connectivity index (χ1v) is 3.77. The fourth-order valence-corrected chi connectivity index (χ4v) is 1.15. The smallest absolute Gasteiger partial charge is 0.151 e. The molecule has 0 unspecified atom stereocenters. The third-order valence-corrected chi connectivity index (χ3v) is 1.97. The summed E-state index contributed by atoms with van der Waals surface area (Å²) in [5.41, 5.74) is 1.70. The maximum Gasteiger partial charge on any atom is 0.151 e. The Morgan fingerprint density at radius 2 is 1.75 bits per heavy atom. The molecule has 0 aliphatic rings. The van der Waals surface area contributed by atoms with Crippen LogP contribution in [0.4, 0.5) is 0 Å². The number of carbonyl (C=O) groups excluding carboxylic acids is 2. The SMILES string of the molecule is Cc1cc(C=O)c(Cl)cc1C=O. The second kappa shape index (κ2) is 3.50. The molecule has 0 heterocycles. The van der Waals surface area contributed by atoms with Gasteiger partial charge in [-0.15, -0.1) is 0 Å². The minimum atomic E-state index is 0.317. The molecule has 1 aromatic rings. The summed E-state index contributed by atoms with van der Waals surface area (Å²) in [6.07, 6.45) is 1.39. The number of carbonyl (C=O) groups is 2. The molecule has 12 heavy (non-hydrogen) atoms. The Kier molecular flexibility index (Phi) is 2.61. The van der Waals surface area contributed by atoms with Crippen molar-refractivity contribution < 1.29 is 9.59 Å². The molecular formula is C9H7ClO2. The van der Waals surface area contributed by atoms with Crippen LogP contribution in [0, 0.1) is 6.92 Å². The molecule has 0 aliphatic heterocycles. The minimum absolute atomic E-state index is 0.317. The molecule has 62 valence electrons. The van der Waals surface area contributed by atoms with Gasteiger partial charge in [-0.2, -0.15) is 0 Å². The van der Waals surface area contributed by atoms with Crippen molar-refractivity contribution in [2.75, 3.05) is 0 Å². The van der Waals surface area contributed by atoms with E-state index in [-0.39, 0.29) is 0 Å². The molecular weight excluding hydrogens is 176 g/mol. The van der Waals surface area contributed by atoms with Crippen LogP contribution in [-0.2, 0) is 0 Å².